The van der Waals surface area contributed by atoms with Gasteiger partial charge < -0.3 is 9.84 Å². The smallest absolute Gasteiger partial charge is 0.142 e. The van der Waals surface area contributed by atoms with Crippen LogP contribution in [0.2, 0.25) is 0 Å². The summed E-state index contributed by atoms with van der Waals surface area (Å²) >= 11 is 4.24. The Kier molecular flexibility index (Phi) is 5.21. The molecule has 5 heteroatoms. The van der Waals surface area contributed by atoms with Crippen LogP contribution in [0.15, 0.2) is 99.6 Å². The van der Waals surface area contributed by atoms with Crippen LogP contribution in [0.25, 0.3) is 11.1 Å². The number of phenols is 1. The standard InChI is InChI=1S/C24H16I2O2S/c25-20-13-16(14-21(26)24(20)27)28-15-9-11-17(12-10-15)29-22-7-3-1-5-18(22)19-6-2-4-8-23(19)29/h1-14,27,29H. The van der Waals surface area contributed by atoms with Crippen LogP contribution in [-0.2, 0) is 0 Å². The first-order valence-electron chi connectivity index (χ1n) is 9.06. The fourth-order valence-corrected chi connectivity index (χ4v) is 7.92. The van der Waals surface area contributed by atoms with Crippen molar-refractivity contribution in [2.75, 3.05) is 0 Å². The molecule has 2 nitrogen and oxygen atoms in total. The molecular weight excluding hydrogens is 606 g/mol. The van der Waals surface area contributed by atoms with Crippen LogP contribution in [-0.4, -0.2) is 5.11 Å². The van der Waals surface area contributed by atoms with Gasteiger partial charge in [-0.25, -0.2) is 0 Å². The predicted molar refractivity (Wildman–Crippen MR) is 136 cm³/mol. The molecule has 0 atom stereocenters. The number of benzene rings is 4. The highest BCUT2D eigenvalue weighted by molar-refractivity contribution is 14.1. The van der Waals surface area contributed by atoms with E-state index in [9.17, 15) is 5.11 Å². The van der Waals surface area contributed by atoms with E-state index in [4.69, 9.17) is 4.74 Å². The second-order valence-electron chi connectivity index (χ2n) is 6.70. The molecule has 0 saturated carbocycles. The molecule has 1 aliphatic rings. The topological polar surface area (TPSA) is 29.5 Å². The molecule has 0 aromatic heterocycles. The molecule has 5 rings (SSSR count). The average molecular weight is 622 g/mol. The summed E-state index contributed by atoms with van der Waals surface area (Å²) in [6, 6.07) is 29.6. The van der Waals surface area contributed by atoms with Gasteiger partial charge in [-0.15, -0.1) is 0 Å². The maximum absolute atomic E-state index is 9.95. The van der Waals surface area contributed by atoms with Gasteiger partial charge in [-0.1, -0.05) is 36.4 Å². The van der Waals surface area contributed by atoms with Crippen molar-refractivity contribution < 1.29 is 9.84 Å². The van der Waals surface area contributed by atoms with E-state index < -0.39 is 10.9 Å². The number of phenolic OH excluding ortho intramolecular Hbond substituents is 1. The van der Waals surface area contributed by atoms with E-state index in [0.717, 1.165) is 18.6 Å². The molecule has 0 saturated heterocycles. The molecule has 0 amide bonds. The third kappa shape index (κ3) is 3.53. The largest absolute Gasteiger partial charge is 0.506 e. The van der Waals surface area contributed by atoms with Crippen LogP contribution in [0.4, 0.5) is 0 Å². The normalized spacial score (nSPS) is 13.1. The fourth-order valence-electron chi connectivity index (χ4n) is 3.60. The predicted octanol–water partition coefficient (Wildman–Crippen LogP) is 7.85. The number of hydrogen-bond acceptors (Lipinski definition) is 2. The van der Waals surface area contributed by atoms with E-state index in [2.05, 4.69) is 106 Å². The Hall–Kier alpha value is -1.71. The van der Waals surface area contributed by atoms with E-state index in [1.807, 2.05) is 24.3 Å². The van der Waals surface area contributed by atoms with Gasteiger partial charge in [-0.2, -0.15) is 10.9 Å². The van der Waals surface area contributed by atoms with Crippen LogP contribution in [0.3, 0.4) is 0 Å². The molecule has 1 aliphatic heterocycles. The van der Waals surface area contributed by atoms with E-state index in [1.165, 1.54) is 25.8 Å². The molecule has 4 aromatic rings. The maximum Gasteiger partial charge on any atom is 0.142 e. The average Bonchev–Trinajstić information content (AvgIpc) is 3.07. The Morgan fingerprint density at radius 1 is 0.655 bits per heavy atom. The third-order valence-electron chi connectivity index (χ3n) is 4.90. The number of rotatable bonds is 3. The zero-order valence-electron chi connectivity index (χ0n) is 15.1. The van der Waals surface area contributed by atoms with Gasteiger partial charge in [0, 0.05) is 9.79 Å². The lowest BCUT2D eigenvalue weighted by molar-refractivity contribution is 0.457. The van der Waals surface area contributed by atoms with E-state index in [1.54, 1.807) is 0 Å². The SMILES string of the molecule is Oc1c(I)cc(Oc2ccc([SH]3c4ccccc4-c4ccccc43)cc2)cc1I. The highest BCUT2D eigenvalue weighted by atomic mass is 127. The number of halogens is 2. The van der Waals surface area contributed by atoms with Gasteiger partial charge in [0.25, 0.3) is 0 Å². The summed E-state index contributed by atoms with van der Waals surface area (Å²) in [4.78, 5) is 4.15. The molecule has 0 unspecified atom stereocenters. The van der Waals surface area contributed by atoms with Crippen LogP contribution in [0.1, 0.15) is 0 Å². The Labute approximate surface area is 199 Å². The monoisotopic (exact) mass is 622 g/mol. The summed E-state index contributed by atoms with van der Waals surface area (Å²) in [5.41, 5.74) is 2.70. The first-order chi connectivity index (χ1) is 14.1. The van der Waals surface area contributed by atoms with Crippen molar-refractivity contribution in [3.8, 4) is 28.4 Å². The van der Waals surface area contributed by atoms with Gasteiger partial charge in [0.05, 0.1) is 7.14 Å². The lowest BCUT2D eigenvalue weighted by atomic mass is 10.1. The minimum Gasteiger partial charge on any atom is -0.506 e. The third-order valence-corrected chi connectivity index (χ3v) is 9.10. The van der Waals surface area contributed by atoms with Crippen molar-refractivity contribution in [1.82, 2.24) is 0 Å². The highest BCUT2D eigenvalue weighted by Crippen LogP contribution is 2.62. The fraction of sp³-hybridized carbons (Fsp3) is 0. The maximum atomic E-state index is 9.95. The van der Waals surface area contributed by atoms with Gasteiger partial charge in [0.1, 0.15) is 17.2 Å². The van der Waals surface area contributed by atoms with Gasteiger partial charge in [-0.05, 0) is 110 Å². The molecule has 0 radical (unpaired) electrons. The van der Waals surface area contributed by atoms with Crippen molar-refractivity contribution in [3.63, 3.8) is 0 Å². The van der Waals surface area contributed by atoms with Crippen LogP contribution in [0.5, 0.6) is 17.2 Å². The quantitative estimate of drug-likeness (QED) is 0.159. The molecule has 0 fully saturated rings. The van der Waals surface area contributed by atoms with Crippen LogP contribution in [0, 0.1) is 7.14 Å². The summed E-state index contributed by atoms with van der Waals surface area (Å²) in [5, 5.41) is 9.95. The first kappa shape index (κ1) is 19.3. The Morgan fingerprint density at radius 2 is 1.17 bits per heavy atom. The van der Waals surface area contributed by atoms with Gasteiger partial charge in [-0.3, -0.25) is 0 Å². The molecular formula is C24H16I2O2S. The molecule has 144 valence electrons. The van der Waals surface area contributed by atoms with Crippen molar-refractivity contribution in [2.24, 2.45) is 0 Å². The summed E-state index contributed by atoms with van der Waals surface area (Å²) < 4.78 is 7.60. The highest BCUT2D eigenvalue weighted by Gasteiger charge is 2.26. The summed E-state index contributed by atoms with van der Waals surface area (Å²) in [6.07, 6.45) is 0. The van der Waals surface area contributed by atoms with Gasteiger partial charge in [0.15, 0.2) is 0 Å². The summed E-state index contributed by atoms with van der Waals surface area (Å²) in [5.74, 6) is 1.82. The second kappa shape index (κ2) is 7.85. The number of hydrogen-bond donors (Lipinski definition) is 2. The Balaban J connectivity index is 1.48. The number of aromatic hydroxyl groups is 1. The van der Waals surface area contributed by atoms with Gasteiger partial charge >= 0.3 is 0 Å². The minimum absolute atomic E-state index is 0.301. The van der Waals surface area contributed by atoms with Crippen molar-refractivity contribution in [3.05, 3.63) is 92.1 Å². The molecule has 0 spiro atoms. The number of thiol groups is 1. The van der Waals surface area contributed by atoms with Crippen molar-refractivity contribution >= 4 is 56.1 Å². The molecule has 0 bridgehead atoms. The van der Waals surface area contributed by atoms with E-state index >= 15 is 0 Å². The summed E-state index contributed by atoms with van der Waals surface area (Å²) in [7, 11) is -0.549. The summed E-state index contributed by atoms with van der Waals surface area (Å²) in [6.45, 7) is 0. The molecule has 0 aliphatic carbocycles. The zero-order valence-corrected chi connectivity index (χ0v) is 20.4. The van der Waals surface area contributed by atoms with Crippen molar-refractivity contribution in [1.29, 1.82) is 0 Å². The number of ether oxygens (including phenoxy) is 1. The Morgan fingerprint density at radius 3 is 1.72 bits per heavy atom. The lowest BCUT2D eigenvalue weighted by Crippen LogP contribution is -1.89. The lowest BCUT2D eigenvalue weighted by Gasteiger charge is -2.19. The van der Waals surface area contributed by atoms with Gasteiger partial charge in [0.2, 0.25) is 0 Å². The van der Waals surface area contributed by atoms with Crippen molar-refractivity contribution in [2.45, 2.75) is 14.7 Å². The molecule has 4 aromatic carbocycles. The Bertz CT molecular complexity index is 1150. The molecule has 1 N–H and O–H groups in total. The minimum atomic E-state index is -0.549. The molecule has 29 heavy (non-hydrogen) atoms. The second-order valence-corrected chi connectivity index (χ2v) is 11.2. The number of fused-ring (bicyclic) bond motifs is 3. The zero-order chi connectivity index (χ0) is 20.0. The van der Waals surface area contributed by atoms with E-state index in [-0.39, 0.29) is 0 Å². The first-order valence-corrected chi connectivity index (χ1v) is 12.6. The molecule has 1 heterocycles. The van der Waals surface area contributed by atoms with E-state index in [0.29, 0.717) is 5.75 Å². The van der Waals surface area contributed by atoms with Crippen LogP contribution < -0.4 is 4.74 Å². The van der Waals surface area contributed by atoms with Crippen LogP contribution >= 0.6 is 56.1 Å².